The van der Waals surface area contributed by atoms with E-state index >= 15 is 0 Å². The van der Waals surface area contributed by atoms with Crippen molar-refractivity contribution in [3.8, 4) is 5.75 Å². The molecule has 0 unspecified atom stereocenters. The minimum absolute atomic E-state index is 0.0389. The van der Waals surface area contributed by atoms with Crippen LogP contribution in [-0.2, 0) is 17.6 Å². The molecule has 0 aliphatic heterocycles. The average molecular weight is 355 g/mol. The summed E-state index contributed by atoms with van der Waals surface area (Å²) >= 11 is 0. The molecule has 2 aromatic rings. The minimum Gasteiger partial charge on any atom is -0.493 e. The Kier molecular flexibility index (Phi) is 7.21. The molecule has 0 saturated heterocycles. The largest absolute Gasteiger partial charge is 0.493 e. The zero-order chi connectivity index (χ0) is 18.9. The van der Waals surface area contributed by atoms with Crippen LogP contribution >= 0.6 is 0 Å². The van der Waals surface area contributed by atoms with Gasteiger partial charge in [-0.2, -0.15) is 0 Å². The van der Waals surface area contributed by atoms with Crippen LogP contribution in [0.15, 0.2) is 48.5 Å². The first-order valence-corrected chi connectivity index (χ1v) is 8.74. The molecule has 0 spiro atoms. The maximum absolute atomic E-state index is 12.0. The predicted octanol–water partition coefficient (Wildman–Crippen LogP) is 3.32. The molecular formula is C21H25NO4. The minimum atomic E-state index is -0.939. The quantitative estimate of drug-likeness (QED) is 0.723. The van der Waals surface area contributed by atoms with Gasteiger partial charge in [0.05, 0.1) is 18.6 Å². The summed E-state index contributed by atoms with van der Waals surface area (Å²) in [6, 6.07) is 14.3. The van der Waals surface area contributed by atoms with Gasteiger partial charge in [0.1, 0.15) is 5.75 Å². The van der Waals surface area contributed by atoms with Crippen LogP contribution in [0.2, 0.25) is 0 Å². The maximum atomic E-state index is 12.0. The molecule has 2 aromatic carbocycles. The number of carbonyl (C=O) groups is 2. The summed E-state index contributed by atoms with van der Waals surface area (Å²) in [5, 5.41) is 11.8. The van der Waals surface area contributed by atoms with E-state index in [-0.39, 0.29) is 11.5 Å². The molecule has 2 rings (SSSR count). The number of nitrogens with one attached hydrogen (secondary N) is 1. The number of carbonyl (C=O) groups excluding carboxylic acids is 1. The summed E-state index contributed by atoms with van der Waals surface area (Å²) < 4.78 is 5.63. The van der Waals surface area contributed by atoms with Crippen LogP contribution in [0.5, 0.6) is 5.75 Å². The molecule has 0 aromatic heterocycles. The van der Waals surface area contributed by atoms with Gasteiger partial charge < -0.3 is 15.2 Å². The zero-order valence-electron chi connectivity index (χ0n) is 15.2. The topological polar surface area (TPSA) is 75.6 Å². The lowest BCUT2D eigenvalue weighted by atomic mass is 10.1. The third-order valence-electron chi connectivity index (χ3n) is 3.81. The zero-order valence-corrected chi connectivity index (χ0v) is 15.2. The molecule has 0 aliphatic carbocycles. The standard InChI is InChI=1S/C21H25NO4/c1-15(2)14-26-19-9-5-17(6-10-19)13-20(23)22-12-11-16-3-7-18(8-4-16)21(24)25/h3-10,15H,11-14H2,1-2H3,(H,22,23)(H,24,25). The third kappa shape index (κ3) is 6.59. The molecule has 5 heteroatoms. The van der Waals surface area contributed by atoms with Crippen molar-refractivity contribution in [1.82, 2.24) is 5.32 Å². The second-order valence-corrected chi connectivity index (χ2v) is 6.63. The first kappa shape index (κ1) is 19.5. The summed E-state index contributed by atoms with van der Waals surface area (Å²) in [7, 11) is 0. The van der Waals surface area contributed by atoms with Crippen LogP contribution in [0.3, 0.4) is 0 Å². The van der Waals surface area contributed by atoms with Crippen LogP contribution in [0.4, 0.5) is 0 Å². The molecule has 138 valence electrons. The highest BCUT2D eigenvalue weighted by Crippen LogP contribution is 2.13. The normalized spacial score (nSPS) is 10.6. The number of benzene rings is 2. The highest BCUT2D eigenvalue weighted by atomic mass is 16.5. The molecule has 0 saturated carbocycles. The molecular weight excluding hydrogens is 330 g/mol. The van der Waals surface area contributed by atoms with Crippen LogP contribution in [0, 0.1) is 5.92 Å². The fourth-order valence-electron chi connectivity index (χ4n) is 2.37. The lowest BCUT2D eigenvalue weighted by molar-refractivity contribution is -0.120. The summed E-state index contributed by atoms with van der Waals surface area (Å²) in [6.07, 6.45) is 0.982. The summed E-state index contributed by atoms with van der Waals surface area (Å²) in [5.74, 6) is 0.307. The van der Waals surface area contributed by atoms with Gasteiger partial charge in [0.25, 0.3) is 0 Å². The van der Waals surface area contributed by atoms with Gasteiger partial charge in [0.15, 0.2) is 0 Å². The number of amides is 1. The third-order valence-corrected chi connectivity index (χ3v) is 3.81. The van der Waals surface area contributed by atoms with Gasteiger partial charge >= 0.3 is 5.97 Å². The molecule has 5 nitrogen and oxygen atoms in total. The Labute approximate surface area is 154 Å². The van der Waals surface area contributed by atoms with E-state index in [1.54, 1.807) is 24.3 Å². The molecule has 0 bridgehead atoms. The highest BCUT2D eigenvalue weighted by Gasteiger charge is 2.05. The Morgan fingerprint density at radius 2 is 1.62 bits per heavy atom. The van der Waals surface area contributed by atoms with Crippen molar-refractivity contribution >= 4 is 11.9 Å². The number of ether oxygens (including phenoxy) is 1. The maximum Gasteiger partial charge on any atom is 0.335 e. The SMILES string of the molecule is CC(C)COc1ccc(CC(=O)NCCc2ccc(C(=O)O)cc2)cc1. The van der Waals surface area contributed by atoms with Gasteiger partial charge in [-0.3, -0.25) is 4.79 Å². The van der Waals surface area contributed by atoms with Crippen LogP contribution in [0.1, 0.15) is 35.3 Å². The van der Waals surface area contributed by atoms with E-state index in [1.807, 2.05) is 24.3 Å². The van der Waals surface area contributed by atoms with Crippen molar-refractivity contribution in [3.63, 3.8) is 0 Å². The molecule has 1 amide bonds. The van der Waals surface area contributed by atoms with Crippen molar-refractivity contribution in [3.05, 3.63) is 65.2 Å². The van der Waals surface area contributed by atoms with Gasteiger partial charge in [-0.05, 0) is 47.7 Å². The van der Waals surface area contributed by atoms with E-state index in [4.69, 9.17) is 9.84 Å². The average Bonchev–Trinajstić information content (AvgIpc) is 2.61. The Hall–Kier alpha value is -2.82. The number of hydrogen-bond donors (Lipinski definition) is 2. The molecule has 0 radical (unpaired) electrons. The fraction of sp³-hybridized carbons (Fsp3) is 0.333. The lowest BCUT2D eigenvalue weighted by Crippen LogP contribution is -2.27. The fourth-order valence-corrected chi connectivity index (χ4v) is 2.37. The molecule has 0 aliphatic rings. The van der Waals surface area contributed by atoms with Gasteiger partial charge in [0.2, 0.25) is 5.91 Å². The summed E-state index contributed by atoms with van der Waals surface area (Å²) in [5.41, 5.74) is 2.19. The molecule has 2 N–H and O–H groups in total. The van der Waals surface area contributed by atoms with E-state index in [9.17, 15) is 9.59 Å². The summed E-state index contributed by atoms with van der Waals surface area (Å²) in [4.78, 5) is 22.8. The van der Waals surface area contributed by atoms with Crippen molar-refractivity contribution < 1.29 is 19.4 Å². The molecule has 0 fully saturated rings. The molecule has 0 heterocycles. The van der Waals surface area contributed by atoms with Gasteiger partial charge in [-0.15, -0.1) is 0 Å². The number of carboxylic acid groups (broad SMARTS) is 1. The van der Waals surface area contributed by atoms with E-state index < -0.39 is 5.97 Å². The van der Waals surface area contributed by atoms with Crippen molar-refractivity contribution in [2.45, 2.75) is 26.7 Å². The first-order valence-electron chi connectivity index (χ1n) is 8.74. The van der Waals surface area contributed by atoms with Crippen molar-refractivity contribution in [1.29, 1.82) is 0 Å². The van der Waals surface area contributed by atoms with E-state index in [0.717, 1.165) is 16.9 Å². The van der Waals surface area contributed by atoms with E-state index in [2.05, 4.69) is 19.2 Å². The highest BCUT2D eigenvalue weighted by molar-refractivity contribution is 5.87. The predicted molar refractivity (Wildman–Crippen MR) is 101 cm³/mol. The monoisotopic (exact) mass is 355 g/mol. The van der Waals surface area contributed by atoms with Gasteiger partial charge in [-0.1, -0.05) is 38.1 Å². The van der Waals surface area contributed by atoms with Crippen molar-refractivity contribution in [2.24, 2.45) is 5.92 Å². The van der Waals surface area contributed by atoms with Crippen LogP contribution < -0.4 is 10.1 Å². The second-order valence-electron chi connectivity index (χ2n) is 6.63. The smallest absolute Gasteiger partial charge is 0.335 e. The number of rotatable bonds is 9. The van der Waals surface area contributed by atoms with Crippen molar-refractivity contribution in [2.75, 3.05) is 13.2 Å². The van der Waals surface area contributed by atoms with Gasteiger partial charge in [0, 0.05) is 6.54 Å². The second kappa shape index (κ2) is 9.61. The lowest BCUT2D eigenvalue weighted by Gasteiger charge is -2.09. The molecule has 26 heavy (non-hydrogen) atoms. The first-order chi connectivity index (χ1) is 12.4. The van der Waals surface area contributed by atoms with E-state index in [0.29, 0.717) is 31.9 Å². The Morgan fingerprint density at radius 3 is 2.19 bits per heavy atom. The number of aromatic carboxylic acids is 1. The number of carboxylic acids is 1. The van der Waals surface area contributed by atoms with Crippen LogP contribution in [-0.4, -0.2) is 30.1 Å². The Balaban J connectivity index is 1.73. The Morgan fingerprint density at radius 1 is 1.00 bits per heavy atom. The molecule has 0 atom stereocenters. The van der Waals surface area contributed by atoms with Gasteiger partial charge in [-0.25, -0.2) is 4.79 Å². The number of hydrogen-bond acceptors (Lipinski definition) is 3. The summed E-state index contributed by atoms with van der Waals surface area (Å²) in [6.45, 7) is 5.38. The Bertz CT molecular complexity index is 721. The van der Waals surface area contributed by atoms with E-state index in [1.165, 1.54) is 0 Å². The van der Waals surface area contributed by atoms with Crippen LogP contribution in [0.25, 0.3) is 0 Å².